The molecule has 0 aliphatic carbocycles. The van der Waals surface area contributed by atoms with E-state index in [0.717, 1.165) is 63.5 Å². The Kier molecular flexibility index (Phi) is 5.49. The molecule has 8 heteroatoms. The average molecular weight is 392 g/mol. The van der Waals surface area contributed by atoms with Gasteiger partial charge in [-0.2, -0.15) is 0 Å². The molecular formula is C18H22ClN5OS. The molecule has 0 atom stereocenters. The maximum absolute atomic E-state index is 12.8. The predicted octanol–water partition coefficient (Wildman–Crippen LogP) is 2.29. The first-order valence-electron chi connectivity index (χ1n) is 9.00. The van der Waals surface area contributed by atoms with E-state index in [-0.39, 0.29) is 5.91 Å². The molecule has 1 amide bonds. The number of carbonyl (C=O) groups excluding carboxylic acids is 1. The molecule has 26 heavy (non-hydrogen) atoms. The van der Waals surface area contributed by atoms with Gasteiger partial charge in [0.05, 0.1) is 6.54 Å². The second-order valence-corrected chi connectivity index (χ2v) is 8.18. The summed E-state index contributed by atoms with van der Waals surface area (Å²) in [6.07, 6.45) is 2.10. The number of hydrogen-bond donors (Lipinski definition) is 0. The minimum Gasteiger partial charge on any atom is -0.311 e. The monoisotopic (exact) mass is 391 g/mol. The van der Waals surface area contributed by atoms with Gasteiger partial charge in [-0.05, 0) is 24.5 Å². The van der Waals surface area contributed by atoms with Crippen molar-refractivity contribution in [3.05, 3.63) is 39.9 Å². The van der Waals surface area contributed by atoms with E-state index in [9.17, 15) is 4.79 Å². The molecule has 3 heterocycles. The summed E-state index contributed by atoms with van der Waals surface area (Å²) in [5.41, 5.74) is 3.23. The van der Waals surface area contributed by atoms with Crippen molar-refractivity contribution in [2.24, 2.45) is 0 Å². The number of rotatable bonds is 4. The number of benzene rings is 1. The zero-order chi connectivity index (χ0) is 17.9. The molecule has 2 aliphatic rings. The van der Waals surface area contributed by atoms with Crippen molar-refractivity contribution in [3.8, 4) is 0 Å². The van der Waals surface area contributed by atoms with Gasteiger partial charge < -0.3 is 4.90 Å². The number of halogens is 1. The number of amides is 1. The molecule has 0 unspecified atom stereocenters. The Morgan fingerprint density at radius 3 is 2.65 bits per heavy atom. The van der Waals surface area contributed by atoms with Crippen LogP contribution in [0.4, 0.5) is 5.69 Å². The molecule has 2 aliphatic heterocycles. The van der Waals surface area contributed by atoms with Gasteiger partial charge in [-0.15, -0.1) is 5.10 Å². The van der Waals surface area contributed by atoms with Gasteiger partial charge in [0.15, 0.2) is 0 Å². The number of fused-ring (bicyclic) bond motifs is 1. The topological polar surface area (TPSA) is 52.6 Å². The molecule has 138 valence electrons. The second-order valence-electron chi connectivity index (χ2n) is 6.82. The first-order chi connectivity index (χ1) is 12.7. The number of piperazine rings is 1. The molecule has 6 nitrogen and oxygen atoms in total. The summed E-state index contributed by atoms with van der Waals surface area (Å²) >= 11 is 7.32. The van der Waals surface area contributed by atoms with Crippen LogP contribution in [-0.2, 0) is 17.8 Å². The van der Waals surface area contributed by atoms with Gasteiger partial charge in [-0.1, -0.05) is 34.3 Å². The Hall–Kier alpha value is -1.54. The van der Waals surface area contributed by atoms with E-state index in [1.54, 1.807) is 0 Å². The maximum atomic E-state index is 12.8. The van der Waals surface area contributed by atoms with Gasteiger partial charge in [-0.25, -0.2) is 0 Å². The zero-order valence-electron chi connectivity index (χ0n) is 14.6. The lowest BCUT2D eigenvalue weighted by atomic mass is 10.0. The van der Waals surface area contributed by atoms with Gasteiger partial charge in [0.2, 0.25) is 5.91 Å². The van der Waals surface area contributed by atoms with E-state index >= 15 is 0 Å². The summed E-state index contributed by atoms with van der Waals surface area (Å²) in [4.78, 5) is 19.4. The van der Waals surface area contributed by atoms with Crippen molar-refractivity contribution in [3.63, 3.8) is 0 Å². The van der Waals surface area contributed by atoms with E-state index < -0.39 is 0 Å². The number of carbonyl (C=O) groups is 1. The molecule has 0 radical (unpaired) electrons. The predicted molar refractivity (Wildman–Crippen MR) is 104 cm³/mol. The van der Waals surface area contributed by atoms with Crippen molar-refractivity contribution >= 4 is 34.7 Å². The molecule has 0 bridgehead atoms. The largest absolute Gasteiger partial charge is 0.311 e. The Morgan fingerprint density at radius 2 is 1.88 bits per heavy atom. The quantitative estimate of drug-likeness (QED) is 0.800. The highest BCUT2D eigenvalue weighted by Crippen LogP contribution is 2.27. The standard InChI is InChI=1S/C18H22ClN5OS/c19-18-15(20-21-26-18)12-22-8-10-23(11-9-22)13-17(25)24-7-3-5-14-4-1-2-6-16(14)24/h1-2,4,6H,3,5,7-13H2. The minimum absolute atomic E-state index is 0.206. The molecular weight excluding hydrogens is 370 g/mol. The SMILES string of the molecule is O=C(CN1CCN(Cc2nnsc2Cl)CC1)N1CCCc2ccccc21. The van der Waals surface area contributed by atoms with E-state index in [4.69, 9.17) is 11.6 Å². The van der Waals surface area contributed by atoms with Crippen LogP contribution in [0.1, 0.15) is 17.7 Å². The van der Waals surface area contributed by atoms with Crippen LogP contribution in [0.15, 0.2) is 24.3 Å². The lowest BCUT2D eigenvalue weighted by Crippen LogP contribution is -2.50. The van der Waals surface area contributed by atoms with E-state index in [2.05, 4.69) is 37.6 Å². The Morgan fingerprint density at radius 1 is 1.12 bits per heavy atom. The number of aryl methyl sites for hydroxylation is 1. The van der Waals surface area contributed by atoms with Crippen molar-refractivity contribution in [2.75, 3.05) is 44.2 Å². The lowest BCUT2D eigenvalue weighted by molar-refractivity contribution is -0.120. The van der Waals surface area contributed by atoms with Crippen LogP contribution in [-0.4, -0.2) is 64.6 Å². The number of hydrogen-bond acceptors (Lipinski definition) is 6. The molecule has 1 aromatic carbocycles. The third-order valence-corrected chi connectivity index (χ3v) is 6.10. The fourth-order valence-corrected chi connectivity index (χ4v) is 4.29. The second kappa shape index (κ2) is 8.00. The summed E-state index contributed by atoms with van der Waals surface area (Å²) in [5, 5.41) is 4.08. The number of para-hydroxylation sites is 1. The maximum Gasteiger partial charge on any atom is 0.241 e. The van der Waals surface area contributed by atoms with E-state index in [0.29, 0.717) is 10.9 Å². The van der Waals surface area contributed by atoms with Crippen LogP contribution in [0.25, 0.3) is 0 Å². The Balaban J connectivity index is 1.31. The summed E-state index contributed by atoms with van der Waals surface area (Å²) in [5.74, 6) is 0.206. The number of anilines is 1. The molecule has 0 saturated carbocycles. The molecule has 4 rings (SSSR count). The van der Waals surface area contributed by atoms with E-state index in [1.807, 2.05) is 11.0 Å². The van der Waals surface area contributed by atoms with Crippen LogP contribution in [0.2, 0.25) is 4.34 Å². The molecule has 1 saturated heterocycles. The Labute approximate surface area is 162 Å². The normalized spacial score (nSPS) is 18.7. The Bertz CT molecular complexity index is 774. The van der Waals surface area contributed by atoms with Crippen LogP contribution >= 0.6 is 23.1 Å². The van der Waals surface area contributed by atoms with Crippen molar-refractivity contribution in [2.45, 2.75) is 19.4 Å². The van der Waals surface area contributed by atoms with Crippen molar-refractivity contribution in [1.82, 2.24) is 19.4 Å². The molecule has 1 aromatic heterocycles. The number of nitrogens with zero attached hydrogens (tertiary/aromatic N) is 5. The molecule has 0 spiro atoms. The fourth-order valence-electron chi connectivity index (χ4n) is 3.68. The third-order valence-electron chi connectivity index (χ3n) is 5.12. The minimum atomic E-state index is 0.206. The van der Waals surface area contributed by atoms with Crippen LogP contribution in [0.5, 0.6) is 0 Å². The van der Waals surface area contributed by atoms with Gasteiger partial charge in [0.1, 0.15) is 10.0 Å². The first kappa shape index (κ1) is 17.9. The van der Waals surface area contributed by atoms with Crippen LogP contribution in [0.3, 0.4) is 0 Å². The first-order valence-corrected chi connectivity index (χ1v) is 10.2. The molecule has 0 N–H and O–H groups in total. The highest BCUT2D eigenvalue weighted by Gasteiger charge is 2.26. The summed E-state index contributed by atoms with van der Waals surface area (Å²) in [6, 6.07) is 8.26. The summed E-state index contributed by atoms with van der Waals surface area (Å²) in [7, 11) is 0. The van der Waals surface area contributed by atoms with Gasteiger partial charge in [0.25, 0.3) is 0 Å². The zero-order valence-corrected chi connectivity index (χ0v) is 16.2. The number of aromatic nitrogens is 2. The van der Waals surface area contributed by atoms with Crippen molar-refractivity contribution in [1.29, 1.82) is 0 Å². The molecule has 1 fully saturated rings. The summed E-state index contributed by atoms with van der Waals surface area (Å²) < 4.78 is 4.56. The lowest BCUT2D eigenvalue weighted by Gasteiger charge is -2.36. The fraction of sp³-hybridized carbons (Fsp3) is 0.500. The third kappa shape index (κ3) is 3.91. The smallest absolute Gasteiger partial charge is 0.241 e. The van der Waals surface area contributed by atoms with Gasteiger partial charge in [0, 0.05) is 56.5 Å². The summed E-state index contributed by atoms with van der Waals surface area (Å²) in [6.45, 7) is 5.64. The van der Waals surface area contributed by atoms with Gasteiger partial charge >= 0.3 is 0 Å². The van der Waals surface area contributed by atoms with Gasteiger partial charge in [-0.3, -0.25) is 14.6 Å². The van der Waals surface area contributed by atoms with Crippen LogP contribution < -0.4 is 4.90 Å². The molecule has 2 aromatic rings. The highest BCUT2D eigenvalue weighted by atomic mass is 35.5. The highest BCUT2D eigenvalue weighted by molar-refractivity contribution is 7.10. The van der Waals surface area contributed by atoms with Crippen LogP contribution in [0, 0.1) is 0 Å². The average Bonchev–Trinajstić information content (AvgIpc) is 3.07. The van der Waals surface area contributed by atoms with Crippen molar-refractivity contribution < 1.29 is 4.79 Å². The van der Waals surface area contributed by atoms with E-state index in [1.165, 1.54) is 17.1 Å².